The average Bonchev–Trinajstić information content (AvgIpc) is 2.79. The fourth-order valence-corrected chi connectivity index (χ4v) is 5.05. The first kappa shape index (κ1) is 22.7. The van der Waals surface area contributed by atoms with E-state index in [1.54, 1.807) is 0 Å². The minimum absolute atomic E-state index is 0.0641. The molecule has 2 fully saturated rings. The number of ether oxygens (including phenoxy) is 1. The molecule has 32 heavy (non-hydrogen) atoms. The lowest BCUT2D eigenvalue weighted by molar-refractivity contribution is -0.157. The molecule has 1 saturated heterocycles. The van der Waals surface area contributed by atoms with Crippen molar-refractivity contribution in [1.82, 2.24) is 4.90 Å². The van der Waals surface area contributed by atoms with Crippen molar-refractivity contribution >= 4 is 17.3 Å². The lowest BCUT2D eigenvalue weighted by Crippen LogP contribution is -2.44. The standard InChI is InChI=1S/C27H37N3O2/c28-24-15-9-10-16-25(24)29-22-17-19-30(20-18-22)26(21-11-5-4-6-12-21)27(31)32-23-13-7-2-1-3-8-14-23/h4-6,9-12,15-16,22-23,26,29H,1-3,7-8,13-14,17-20,28H2. The Kier molecular flexibility index (Phi) is 8.05. The maximum atomic E-state index is 13.4. The summed E-state index contributed by atoms with van der Waals surface area (Å²) in [6, 6.07) is 18.1. The summed E-state index contributed by atoms with van der Waals surface area (Å²) in [5, 5.41) is 3.59. The normalized spacial score (nSPS) is 20.1. The van der Waals surface area contributed by atoms with Gasteiger partial charge >= 0.3 is 5.97 Å². The van der Waals surface area contributed by atoms with Gasteiger partial charge in [-0.1, -0.05) is 61.7 Å². The van der Waals surface area contributed by atoms with Crippen LogP contribution in [0.25, 0.3) is 0 Å². The van der Waals surface area contributed by atoms with E-state index < -0.39 is 0 Å². The third-order valence-corrected chi connectivity index (χ3v) is 6.89. The maximum absolute atomic E-state index is 13.4. The summed E-state index contributed by atoms with van der Waals surface area (Å²) >= 11 is 0. The van der Waals surface area contributed by atoms with Crippen LogP contribution in [0, 0.1) is 0 Å². The molecule has 1 saturated carbocycles. The minimum Gasteiger partial charge on any atom is -0.461 e. The van der Waals surface area contributed by atoms with Crippen molar-refractivity contribution < 1.29 is 9.53 Å². The van der Waals surface area contributed by atoms with Crippen molar-refractivity contribution in [2.24, 2.45) is 0 Å². The molecule has 2 aromatic carbocycles. The lowest BCUT2D eigenvalue weighted by Gasteiger charge is -2.37. The second-order valence-corrected chi connectivity index (χ2v) is 9.26. The van der Waals surface area contributed by atoms with E-state index in [4.69, 9.17) is 10.5 Å². The molecule has 0 spiro atoms. The predicted molar refractivity (Wildman–Crippen MR) is 130 cm³/mol. The summed E-state index contributed by atoms with van der Waals surface area (Å²) < 4.78 is 6.12. The molecular weight excluding hydrogens is 398 g/mol. The molecule has 2 aromatic rings. The summed E-state index contributed by atoms with van der Waals surface area (Å²) in [6.07, 6.45) is 10.1. The Balaban J connectivity index is 1.41. The Morgan fingerprint density at radius 2 is 1.50 bits per heavy atom. The summed E-state index contributed by atoms with van der Waals surface area (Å²) in [5.41, 5.74) is 8.91. The summed E-state index contributed by atoms with van der Waals surface area (Å²) in [6.45, 7) is 1.70. The molecule has 3 N–H and O–H groups in total. The number of hydrogen-bond donors (Lipinski definition) is 2. The Labute approximate surface area is 192 Å². The van der Waals surface area contributed by atoms with E-state index in [0.29, 0.717) is 6.04 Å². The van der Waals surface area contributed by atoms with Crippen LogP contribution in [-0.4, -0.2) is 36.1 Å². The molecule has 2 aliphatic rings. The van der Waals surface area contributed by atoms with E-state index in [1.807, 2.05) is 42.5 Å². The van der Waals surface area contributed by atoms with Crippen LogP contribution in [0.4, 0.5) is 11.4 Å². The third-order valence-electron chi connectivity index (χ3n) is 6.89. The number of piperidine rings is 1. The molecule has 0 bridgehead atoms. The van der Waals surface area contributed by atoms with Gasteiger partial charge in [0.1, 0.15) is 12.1 Å². The molecule has 172 valence electrons. The number of carbonyl (C=O) groups is 1. The number of benzene rings is 2. The molecular formula is C27H37N3O2. The largest absolute Gasteiger partial charge is 0.461 e. The highest BCUT2D eigenvalue weighted by Gasteiger charge is 2.33. The number of anilines is 2. The summed E-state index contributed by atoms with van der Waals surface area (Å²) in [7, 11) is 0. The number of rotatable bonds is 6. The molecule has 1 unspecified atom stereocenters. The van der Waals surface area contributed by atoms with Gasteiger partial charge in [0.05, 0.1) is 11.4 Å². The van der Waals surface area contributed by atoms with Gasteiger partial charge in [0.2, 0.25) is 0 Å². The molecule has 0 radical (unpaired) electrons. The Morgan fingerprint density at radius 3 is 2.19 bits per heavy atom. The molecule has 4 rings (SSSR count). The van der Waals surface area contributed by atoms with Gasteiger partial charge in [-0.05, 0) is 56.2 Å². The van der Waals surface area contributed by atoms with Gasteiger partial charge in [0.15, 0.2) is 0 Å². The number of esters is 1. The second kappa shape index (κ2) is 11.4. The molecule has 1 aliphatic carbocycles. The Hall–Kier alpha value is -2.53. The fraction of sp³-hybridized carbons (Fsp3) is 0.519. The highest BCUT2D eigenvalue weighted by molar-refractivity contribution is 5.78. The van der Waals surface area contributed by atoms with Gasteiger partial charge < -0.3 is 15.8 Å². The number of likely N-dealkylation sites (tertiary alicyclic amines) is 1. The number of nitrogens with one attached hydrogen (secondary N) is 1. The van der Waals surface area contributed by atoms with E-state index in [1.165, 1.54) is 19.3 Å². The van der Waals surface area contributed by atoms with Crippen LogP contribution < -0.4 is 11.1 Å². The zero-order valence-corrected chi connectivity index (χ0v) is 19.0. The topological polar surface area (TPSA) is 67.6 Å². The lowest BCUT2D eigenvalue weighted by atomic mass is 9.97. The highest BCUT2D eigenvalue weighted by Crippen LogP contribution is 2.30. The van der Waals surface area contributed by atoms with Gasteiger partial charge in [0, 0.05) is 19.1 Å². The van der Waals surface area contributed by atoms with Crippen LogP contribution in [0.5, 0.6) is 0 Å². The minimum atomic E-state index is -0.329. The van der Waals surface area contributed by atoms with E-state index >= 15 is 0 Å². The SMILES string of the molecule is Nc1ccccc1NC1CCN(C(C(=O)OC2CCCCCCC2)c2ccccc2)CC1. The molecule has 5 nitrogen and oxygen atoms in total. The highest BCUT2D eigenvalue weighted by atomic mass is 16.5. The predicted octanol–water partition coefficient (Wildman–Crippen LogP) is 5.54. The first-order valence-corrected chi connectivity index (χ1v) is 12.3. The van der Waals surface area contributed by atoms with Crippen LogP contribution in [0.3, 0.4) is 0 Å². The van der Waals surface area contributed by atoms with E-state index in [2.05, 4.69) is 22.3 Å². The first-order chi connectivity index (χ1) is 15.7. The number of para-hydroxylation sites is 2. The van der Waals surface area contributed by atoms with Crippen LogP contribution in [-0.2, 0) is 9.53 Å². The number of carbonyl (C=O) groups excluding carboxylic acids is 1. The molecule has 1 atom stereocenters. The van der Waals surface area contributed by atoms with Crippen molar-refractivity contribution in [2.45, 2.75) is 76.0 Å². The van der Waals surface area contributed by atoms with E-state index in [0.717, 1.165) is 68.6 Å². The van der Waals surface area contributed by atoms with Crippen LogP contribution in [0.2, 0.25) is 0 Å². The summed E-state index contributed by atoms with van der Waals surface area (Å²) in [4.78, 5) is 15.7. The van der Waals surface area contributed by atoms with Gasteiger partial charge in [-0.2, -0.15) is 0 Å². The molecule has 0 aromatic heterocycles. The number of nitrogens with two attached hydrogens (primary N) is 1. The Bertz CT molecular complexity index is 841. The smallest absolute Gasteiger partial charge is 0.328 e. The quantitative estimate of drug-likeness (QED) is 0.460. The van der Waals surface area contributed by atoms with E-state index in [-0.39, 0.29) is 18.1 Å². The third kappa shape index (κ3) is 6.04. The van der Waals surface area contributed by atoms with Crippen LogP contribution >= 0.6 is 0 Å². The maximum Gasteiger partial charge on any atom is 0.328 e. The van der Waals surface area contributed by atoms with Crippen LogP contribution in [0.15, 0.2) is 54.6 Å². The van der Waals surface area contributed by atoms with Crippen molar-refractivity contribution in [3.63, 3.8) is 0 Å². The molecule has 5 heteroatoms. The van der Waals surface area contributed by atoms with Gasteiger partial charge in [-0.25, -0.2) is 4.79 Å². The monoisotopic (exact) mass is 435 g/mol. The number of nitrogen functional groups attached to an aromatic ring is 1. The van der Waals surface area contributed by atoms with Crippen molar-refractivity contribution in [2.75, 3.05) is 24.1 Å². The summed E-state index contributed by atoms with van der Waals surface area (Å²) in [5.74, 6) is -0.0829. The number of hydrogen-bond acceptors (Lipinski definition) is 5. The van der Waals surface area contributed by atoms with Gasteiger partial charge in [-0.15, -0.1) is 0 Å². The second-order valence-electron chi connectivity index (χ2n) is 9.26. The van der Waals surface area contributed by atoms with Crippen LogP contribution in [0.1, 0.15) is 69.4 Å². The molecule has 1 heterocycles. The molecule has 0 amide bonds. The first-order valence-electron chi connectivity index (χ1n) is 12.3. The van der Waals surface area contributed by atoms with Gasteiger partial charge in [0.25, 0.3) is 0 Å². The number of nitrogens with zero attached hydrogens (tertiary/aromatic N) is 1. The van der Waals surface area contributed by atoms with Crippen molar-refractivity contribution in [1.29, 1.82) is 0 Å². The molecule has 1 aliphatic heterocycles. The zero-order chi connectivity index (χ0) is 22.2. The van der Waals surface area contributed by atoms with Gasteiger partial charge in [-0.3, -0.25) is 4.90 Å². The Morgan fingerprint density at radius 1 is 0.875 bits per heavy atom. The van der Waals surface area contributed by atoms with Crippen molar-refractivity contribution in [3.05, 3.63) is 60.2 Å². The average molecular weight is 436 g/mol. The van der Waals surface area contributed by atoms with Crippen molar-refractivity contribution in [3.8, 4) is 0 Å². The van der Waals surface area contributed by atoms with E-state index in [9.17, 15) is 4.79 Å². The fourth-order valence-electron chi connectivity index (χ4n) is 5.05. The zero-order valence-electron chi connectivity index (χ0n) is 19.0.